The van der Waals surface area contributed by atoms with Gasteiger partial charge < -0.3 is 4.74 Å². The Morgan fingerprint density at radius 2 is 1.94 bits per heavy atom. The molecule has 0 saturated carbocycles. The van der Waals surface area contributed by atoms with Crippen molar-refractivity contribution >= 4 is 0 Å². The molecule has 0 amide bonds. The number of methoxy groups -OCH3 is 1. The minimum atomic E-state index is 0. The summed E-state index contributed by atoms with van der Waals surface area (Å²) in [5, 5.41) is 0. The second-order valence-corrected chi connectivity index (χ2v) is 3.95. The van der Waals surface area contributed by atoms with Crippen LogP contribution in [0, 0.1) is 5.92 Å². The van der Waals surface area contributed by atoms with E-state index in [1.54, 1.807) is 7.11 Å². The first-order valence-electron chi connectivity index (χ1n) is 5.96. The molecule has 1 nitrogen and oxygen atoms in total. The number of hydrogen-bond donors (Lipinski definition) is 0. The van der Waals surface area contributed by atoms with Gasteiger partial charge in [0.15, 0.2) is 0 Å². The molecule has 1 aromatic carbocycles. The summed E-state index contributed by atoms with van der Waals surface area (Å²) >= 11 is 0. The predicted octanol–water partition coefficient (Wildman–Crippen LogP) is 4.48. The van der Waals surface area contributed by atoms with E-state index in [2.05, 4.69) is 25.1 Å². The summed E-state index contributed by atoms with van der Waals surface area (Å²) < 4.78 is 5.35. The zero-order valence-corrected chi connectivity index (χ0v) is 10.3. The molecule has 1 aromatic rings. The van der Waals surface area contributed by atoms with Crippen LogP contribution in [0.25, 0.3) is 0 Å². The maximum atomic E-state index is 5.35. The average molecular weight is 222 g/mol. The van der Waals surface area contributed by atoms with Crippen molar-refractivity contribution in [1.29, 1.82) is 0 Å². The van der Waals surface area contributed by atoms with Crippen LogP contribution in [0.1, 0.15) is 45.7 Å². The van der Waals surface area contributed by atoms with Gasteiger partial charge in [0.1, 0.15) is 5.75 Å². The monoisotopic (exact) mass is 222 g/mol. The third-order valence-electron chi connectivity index (χ3n) is 2.91. The van der Waals surface area contributed by atoms with Crippen LogP contribution in [-0.4, -0.2) is 7.11 Å². The lowest BCUT2D eigenvalue weighted by atomic mass is 9.84. The Morgan fingerprint density at radius 3 is 2.56 bits per heavy atom. The van der Waals surface area contributed by atoms with Gasteiger partial charge in [-0.1, -0.05) is 40.3 Å². The Labute approximate surface area is 101 Å². The second kappa shape index (κ2) is 7.32. The van der Waals surface area contributed by atoms with E-state index in [1.165, 1.54) is 30.4 Å². The van der Waals surface area contributed by atoms with E-state index in [-0.39, 0.29) is 7.43 Å². The number of ether oxygens (including phenoxy) is 1. The Hall–Kier alpha value is -0.980. The Kier molecular flexibility index (Phi) is 6.87. The maximum absolute atomic E-state index is 5.35. The number of hydrogen-bond acceptors (Lipinski definition) is 1. The van der Waals surface area contributed by atoms with Gasteiger partial charge in [-0.25, -0.2) is 0 Å². The zero-order chi connectivity index (χ0) is 11.3. The first kappa shape index (κ1) is 15.0. The van der Waals surface area contributed by atoms with Crippen LogP contribution in [0.5, 0.6) is 5.75 Å². The standard InChI is InChI=1S/C12H16O.C2H6.CH4/c1-9-6-7-11-10(8-9)4-3-5-12(11)13-2;1-2;/h3-5,9H,6-8H2,1-2H3;1-2H3;1H4. The summed E-state index contributed by atoms with van der Waals surface area (Å²) in [6, 6.07) is 6.39. The lowest BCUT2D eigenvalue weighted by Gasteiger charge is -2.22. The van der Waals surface area contributed by atoms with Crippen LogP contribution in [0.3, 0.4) is 0 Å². The number of rotatable bonds is 1. The summed E-state index contributed by atoms with van der Waals surface area (Å²) in [6.07, 6.45) is 3.69. The fourth-order valence-electron chi connectivity index (χ4n) is 2.15. The topological polar surface area (TPSA) is 9.23 Å². The molecule has 0 saturated heterocycles. The largest absolute Gasteiger partial charge is 0.496 e. The molecule has 16 heavy (non-hydrogen) atoms. The summed E-state index contributed by atoms with van der Waals surface area (Å²) in [6.45, 7) is 6.32. The van der Waals surface area contributed by atoms with Crippen molar-refractivity contribution in [3.05, 3.63) is 29.3 Å². The Bertz CT molecular complexity index is 304. The van der Waals surface area contributed by atoms with E-state index >= 15 is 0 Å². The quantitative estimate of drug-likeness (QED) is 0.680. The van der Waals surface area contributed by atoms with Gasteiger partial charge in [0, 0.05) is 0 Å². The minimum absolute atomic E-state index is 0. The smallest absolute Gasteiger partial charge is 0.122 e. The van der Waals surface area contributed by atoms with Crippen molar-refractivity contribution in [3.63, 3.8) is 0 Å². The molecule has 1 unspecified atom stereocenters. The summed E-state index contributed by atoms with van der Waals surface area (Å²) in [5.74, 6) is 1.91. The molecule has 92 valence electrons. The van der Waals surface area contributed by atoms with Crippen molar-refractivity contribution in [2.24, 2.45) is 5.92 Å². The van der Waals surface area contributed by atoms with Gasteiger partial charge in [-0.2, -0.15) is 0 Å². The van der Waals surface area contributed by atoms with Crippen LogP contribution in [0.15, 0.2) is 18.2 Å². The van der Waals surface area contributed by atoms with Gasteiger partial charge in [-0.15, -0.1) is 0 Å². The molecule has 0 heterocycles. The molecule has 1 aliphatic rings. The zero-order valence-electron chi connectivity index (χ0n) is 10.3. The van der Waals surface area contributed by atoms with Gasteiger partial charge in [-0.3, -0.25) is 0 Å². The van der Waals surface area contributed by atoms with E-state index in [0.717, 1.165) is 11.7 Å². The molecule has 0 aliphatic heterocycles. The molecule has 0 fully saturated rings. The highest BCUT2D eigenvalue weighted by atomic mass is 16.5. The summed E-state index contributed by atoms with van der Waals surface area (Å²) in [5.41, 5.74) is 2.92. The summed E-state index contributed by atoms with van der Waals surface area (Å²) in [4.78, 5) is 0. The molecule has 0 bridgehead atoms. The fraction of sp³-hybridized carbons (Fsp3) is 0.600. The first-order valence-corrected chi connectivity index (χ1v) is 5.96. The second-order valence-electron chi connectivity index (χ2n) is 3.95. The van der Waals surface area contributed by atoms with Gasteiger partial charge in [0.2, 0.25) is 0 Å². The minimum Gasteiger partial charge on any atom is -0.496 e. The van der Waals surface area contributed by atoms with Gasteiger partial charge in [0.05, 0.1) is 7.11 Å². The normalized spacial score (nSPS) is 17.4. The van der Waals surface area contributed by atoms with Crippen LogP contribution in [0.4, 0.5) is 0 Å². The molecule has 0 spiro atoms. The fourth-order valence-corrected chi connectivity index (χ4v) is 2.15. The highest BCUT2D eigenvalue weighted by Crippen LogP contribution is 2.31. The maximum Gasteiger partial charge on any atom is 0.122 e. The molecule has 2 rings (SSSR count). The third-order valence-corrected chi connectivity index (χ3v) is 2.91. The Morgan fingerprint density at radius 1 is 1.25 bits per heavy atom. The van der Waals surface area contributed by atoms with E-state index in [0.29, 0.717) is 0 Å². The number of benzene rings is 1. The van der Waals surface area contributed by atoms with Crippen LogP contribution in [-0.2, 0) is 12.8 Å². The van der Waals surface area contributed by atoms with Crippen LogP contribution < -0.4 is 4.74 Å². The molecular formula is C15H26O. The average Bonchev–Trinajstić information content (AvgIpc) is 2.30. The van der Waals surface area contributed by atoms with Crippen molar-refractivity contribution < 1.29 is 4.74 Å². The molecular weight excluding hydrogens is 196 g/mol. The van der Waals surface area contributed by atoms with Crippen LogP contribution in [0.2, 0.25) is 0 Å². The molecule has 1 atom stereocenters. The van der Waals surface area contributed by atoms with E-state index in [9.17, 15) is 0 Å². The molecule has 0 radical (unpaired) electrons. The SMILES string of the molecule is C.CC.COc1cccc2c1CCC(C)C2. The lowest BCUT2D eigenvalue weighted by Crippen LogP contribution is -2.12. The first-order chi connectivity index (χ1) is 7.31. The van der Waals surface area contributed by atoms with E-state index in [1.807, 2.05) is 13.8 Å². The highest BCUT2D eigenvalue weighted by molar-refractivity contribution is 5.41. The van der Waals surface area contributed by atoms with E-state index < -0.39 is 0 Å². The Balaban J connectivity index is 0.000000711. The van der Waals surface area contributed by atoms with Crippen molar-refractivity contribution in [2.75, 3.05) is 7.11 Å². The lowest BCUT2D eigenvalue weighted by molar-refractivity contribution is 0.399. The van der Waals surface area contributed by atoms with Crippen molar-refractivity contribution in [2.45, 2.75) is 47.5 Å². The highest BCUT2D eigenvalue weighted by Gasteiger charge is 2.17. The molecule has 1 heteroatoms. The predicted molar refractivity (Wildman–Crippen MR) is 72.3 cm³/mol. The van der Waals surface area contributed by atoms with Crippen molar-refractivity contribution in [1.82, 2.24) is 0 Å². The van der Waals surface area contributed by atoms with Gasteiger partial charge in [0.25, 0.3) is 0 Å². The summed E-state index contributed by atoms with van der Waals surface area (Å²) in [7, 11) is 1.76. The molecule has 0 N–H and O–H groups in total. The van der Waals surface area contributed by atoms with Crippen LogP contribution >= 0.6 is 0 Å². The van der Waals surface area contributed by atoms with Crippen molar-refractivity contribution in [3.8, 4) is 5.75 Å². The van der Waals surface area contributed by atoms with Gasteiger partial charge in [-0.05, 0) is 42.4 Å². The van der Waals surface area contributed by atoms with E-state index in [4.69, 9.17) is 4.74 Å². The molecule has 0 aromatic heterocycles. The van der Waals surface area contributed by atoms with Gasteiger partial charge >= 0.3 is 0 Å². The number of fused-ring (bicyclic) bond motifs is 1. The third kappa shape index (κ3) is 3.26. The molecule has 1 aliphatic carbocycles.